The molecule has 0 aromatic heterocycles. The molecule has 4 atom stereocenters. The minimum Gasteiger partial charge on any atom is -0.353 e. The van der Waals surface area contributed by atoms with Gasteiger partial charge in [0.1, 0.15) is 0 Å². The van der Waals surface area contributed by atoms with Gasteiger partial charge in [0.05, 0.1) is 0 Å². The van der Waals surface area contributed by atoms with E-state index in [9.17, 15) is 4.79 Å². The summed E-state index contributed by atoms with van der Waals surface area (Å²) in [5, 5.41) is 6.30. The zero-order valence-corrected chi connectivity index (χ0v) is 15.1. The van der Waals surface area contributed by atoms with Crippen LogP contribution < -0.4 is 10.6 Å². The van der Waals surface area contributed by atoms with E-state index >= 15 is 0 Å². The van der Waals surface area contributed by atoms with Gasteiger partial charge in [-0.1, -0.05) is 27.2 Å². The SMILES string of the molecule is C1CCNC1.CCC1(C)CC2CC(C)(C1)CC(C)(NC=O)C2. The molecule has 128 valence electrons. The average Bonchev–Trinajstić information content (AvgIpc) is 2.94. The van der Waals surface area contributed by atoms with E-state index in [1.165, 1.54) is 51.6 Å². The largest absolute Gasteiger partial charge is 0.353 e. The molecular weight excluding hydrogens is 272 g/mol. The highest BCUT2D eigenvalue weighted by Gasteiger charge is 2.50. The maximum absolute atomic E-state index is 10.8. The number of hydrogen-bond donors (Lipinski definition) is 2. The van der Waals surface area contributed by atoms with Crippen LogP contribution in [-0.4, -0.2) is 25.0 Å². The Labute approximate surface area is 137 Å². The highest BCUT2D eigenvalue weighted by Crippen LogP contribution is 2.58. The van der Waals surface area contributed by atoms with Gasteiger partial charge < -0.3 is 10.6 Å². The molecule has 0 aromatic carbocycles. The van der Waals surface area contributed by atoms with E-state index < -0.39 is 0 Å². The summed E-state index contributed by atoms with van der Waals surface area (Å²) in [6.45, 7) is 11.9. The Kier molecular flexibility index (Phi) is 5.58. The molecule has 2 saturated carbocycles. The second kappa shape index (κ2) is 6.90. The Bertz CT molecular complexity index is 374. The van der Waals surface area contributed by atoms with Gasteiger partial charge in [0.25, 0.3) is 0 Å². The lowest BCUT2D eigenvalue weighted by Gasteiger charge is -2.56. The summed E-state index contributed by atoms with van der Waals surface area (Å²) >= 11 is 0. The standard InChI is InChI=1S/C15H27NO.C4H9N/c1-5-13(2)6-12-7-14(3,9-13)10-15(4,8-12)16-11-17;1-2-4-5-3-1/h11-12H,5-10H2,1-4H3,(H,16,17);5H,1-4H2. The van der Waals surface area contributed by atoms with Crippen LogP contribution in [0.5, 0.6) is 0 Å². The number of fused-ring (bicyclic) bond motifs is 2. The second-order valence-corrected chi connectivity index (χ2v) is 9.09. The van der Waals surface area contributed by atoms with Crippen LogP contribution in [0.25, 0.3) is 0 Å². The van der Waals surface area contributed by atoms with Crippen LogP contribution in [0.15, 0.2) is 0 Å². The highest BCUT2D eigenvalue weighted by atomic mass is 16.1. The Morgan fingerprint density at radius 2 is 1.77 bits per heavy atom. The first-order valence-electron chi connectivity index (χ1n) is 9.24. The third-order valence-electron chi connectivity index (χ3n) is 6.19. The number of rotatable bonds is 3. The van der Waals surface area contributed by atoms with Gasteiger partial charge in [0, 0.05) is 5.54 Å². The third kappa shape index (κ3) is 4.47. The molecule has 3 aliphatic rings. The predicted molar refractivity (Wildman–Crippen MR) is 92.8 cm³/mol. The summed E-state index contributed by atoms with van der Waals surface area (Å²) in [4.78, 5) is 10.8. The molecule has 3 nitrogen and oxygen atoms in total. The van der Waals surface area contributed by atoms with Crippen LogP contribution in [0.2, 0.25) is 0 Å². The van der Waals surface area contributed by atoms with E-state index in [0.717, 1.165) is 25.2 Å². The fourth-order valence-electron chi connectivity index (χ4n) is 5.72. The van der Waals surface area contributed by atoms with Gasteiger partial charge in [0.2, 0.25) is 6.41 Å². The first-order chi connectivity index (χ1) is 10.3. The van der Waals surface area contributed by atoms with Gasteiger partial charge in [-0.3, -0.25) is 4.79 Å². The molecule has 2 aliphatic carbocycles. The van der Waals surface area contributed by atoms with Gasteiger partial charge in [-0.05, 0) is 81.7 Å². The van der Waals surface area contributed by atoms with Gasteiger partial charge in [-0.25, -0.2) is 0 Å². The molecule has 0 radical (unpaired) electrons. The van der Waals surface area contributed by atoms with Crippen LogP contribution in [0.1, 0.15) is 79.1 Å². The zero-order valence-electron chi connectivity index (χ0n) is 15.1. The van der Waals surface area contributed by atoms with Crippen molar-refractivity contribution in [2.45, 2.75) is 84.6 Å². The summed E-state index contributed by atoms with van der Waals surface area (Å²) in [6, 6.07) is 0. The molecule has 3 rings (SSSR count). The van der Waals surface area contributed by atoms with E-state index in [1.807, 2.05) is 0 Å². The molecular formula is C19H36N2O. The molecule has 1 saturated heterocycles. The Morgan fingerprint density at radius 3 is 2.23 bits per heavy atom. The molecule has 1 heterocycles. The van der Waals surface area contributed by atoms with E-state index in [0.29, 0.717) is 10.8 Å². The molecule has 2 bridgehead atoms. The van der Waals surface area contributed by atoms with Crippen molar-refractivity contribution in [2.24, 2.45) is 16.7 Å². The number of carbonyl (C=O) groups is 1. The Hall–Kier alpha value is -0.570. The van der Waals surface area contributed by atoms with Gasteiger partial charge >= 0.3 is 0 Å². The average molecular weight is 309 g/mol. The summed E-state index contributed by atoms with van der Waals surface area (Å²) < 4.78 is 0. The fraction of sp³-hybridized carbons (Fsp3) is 0.947. The summed E-state index contributed by atoms with van der Waals surface area (Å²) in [7, 11) is 0. The minimum absolute atomic E-state index is 0.0362. The zero-order chi connectivity index (χ0) is 16.3. The van der Waals surface area contributed by atoms with Crippen molar-refractivity contribution in [3.8, 4) is 0 Å². The van der Waals surface area contributed by atoms with Crippen LogP contribution in [0, 0.1) is 16.7 Å². The van der Waals surface area contributed by atoms with Crippen molar-refractivity contribution in [1.29, 1.82) is 0 Å². The maximum Gasteiger partial charge on any atom is 0.207 e. The quantitative estimate of drug-likeness (QED) is 0.777. The van der Waals surface area contributed by atoms with Crippen molar-refractivity contribution in [2.75, 3.05) is 13.1 Å². The fourth-order valence-corrected chi connectivity index (χ4v) is 5.72. The normalized spacial score (nSPS) is 43.9. The second-order valence-electron chi connectivity index (χ2n) is 9.09. The molecule has 22 heavy (non-hydrogen) atoms. The lowest BCUT2D eigenvalue weighted by atomic mass is 9.51. The summed E-state index contributed by atoms with van der Waals surface area (Å²) in [5.41, 5.74) is 0.991. The first-order valence-corrected chi connectivity index (χ1v) is 9.24. The topological polar surface area (TPSA) is 41.1 Å². The monoisotopic (exact) mass is 308 g/mol. The van der Waals surface area contributed by atoms with E-state index in [1.54, 1.807) is 0 Å². The van der Waals surface area contributed by atoms with Gasteiger partial charge in [0.15, 0.2) is 0 Å². The van der Waals surface area contributed by atoms with Crippen molar-refractivity contribution in [3.05, 3.63) is 0 Å². The highest BCUT2D eigenvalue weighted by molar-refractivity contribution is 5.48. The van der Waals surface area contributed by atoms with E-state index in [4.69, 9.17) is 0 Å². The minimum atomic E-state index is 0.0362. The van der Waals surface area contributed by atoms with Crippen LogP contribution >= 0.6 is 0 Å². The van der Waals surface area contributed by atoms with Gasteiger partial charge in [-0.15, -0.1) is 0 Å². The maximum atomic E-state index is 10.8. The van der Waals surface area contributed by atoms with Gasteiger partial charge in [-0.2, -0.15) is 0 Å². The number of carbonyl (C=O) groups excluding carboxylic acids is 1. The van der Waals surface area contributed by atoms with Crippen LogP contribution in [0.3, 0.4) is 0 Å². The molecule has 4 unspecified atom stereocenters. The Morgan fingerprint density at radius 1 is 1.09 bits per heavy atom. The smallest absolute Gasteiger partial charge is 0.207 e. The summed E-state index contributed by atoms with van der Waals surface area (Å²) in [5.74, 6) is 0.796. The molecule has 1 aliphatic heterocycles. The van der Waals surface area contributed by atoms with E-state index in [2.05, 4.69) is 38.3 Å². The van der Waals surface area contributed by atoms with Crippen LogP contribution in [0.4, 0.5) is 0 Å². The van der Waals surface area contributed by atoms with Crippen LogP contribution in [-0.2, 0) is 4.79 Å². The lowest BCUT2D eigenvalue weighted by Crippen LogP contribution is -2.54. The first kappa shape index (κ1) is 17.8. The summed E-state index contributed by atoms with van der Waals surface area (Å²) in [6.07, 6.45) is 11.3. The Balaban J connectivity index is 0.000000299. The molecule has 2 N–H and O–H groups in total. The molecule has 3 heteroatoms. The van der Waals surface area contributed by atoms with Crippen molar-refractivity contribution < 1.29 is 4.79 Å². The van der Waals surface area contributed by atoms with Crippen molar-refractivity contribution in [3.63, 3.8) is 0 Å². The number of nitrogens with one attached hydrogen (secondary N) is 2. The number of amides is 1. The molecule has 0 aromatic rings. The van der Waals surface area contributed by atoms with Crippen molar-refractivity contribution in [1.82, 2.24) is 10.6 Å². The molecule has 3 fully saturated rings. The molecule has 0 spiro atoms. The molecule has 1 amide bonds. The van der Waals surface area contributed by atoms with Crippen molar-refractivity contribution >= 4 is 6.41 Å². The number of hydrogen-bond acceptors (Lipinski definition) is 2. The lowest BCUT2D eigenvalue weighted by molar-refractivity contribution is -0.113. The van der Waals surface area contributed by atoms with E-state index in [-0.39, 0.29) is 5.54 Å². The third-order valence-corrected chi connectivity index (χ3v) is 6.19. The predicted octanol–water partition coefficient (Wildman–Crippen LogP) is 3.88.